The Labute approximate surface area is 105 Å². The molecule has 0 aliphatic heterocycles. The summed E-state index contributed by atoms with van der Waals surface area (Å²) in [5, 5.41) is 0. The van der Waals surface area contributed by atoms with E-state index in [9.17, 15) is 4.79 Å². The third-order valence-corrected chi connectivity index (χ3v) is 1.99. The molecular weight excluding hydrogens is 218 g/mol. The Balaban J connectivity index is 3.97. The summed E-state index contributed by atoms with van der Waals surface area (Å²) in [6.45, 7) is 14.2. The lowest BCUT2D eigenvalue weighted by atomic mass is 10.2. The summed E-state index contributed by atoms with van der Waals surface area (Å²) >= 11 is 0. The van der Waals surface area contributed by atoms with Crippen LogP contribution in [0.1, 0.15) is 27.7 Å². The minimum absolute atomic E-state index is 0.149. The molecule has 0 aromatic rings. The van der Waals surface area contributed by atoms with Crippen LogP contribution in [0.2, 0.25) is 0 Å². The van der Waals surface area contributed by atoms with E-state index in [1.54, 1.807) is 13.0 Å². The van der Waals surface area contributed by atoms with Crippen molar-refractivity contribution in [1.29, 1.82) is 0 Å². The number of rotatable bonds is 8. The van der Waals surface area contributed by atoms with Gasteiger partial charge in [0.15, 0.2) is 0 Å². The molecule has 0 radical (unpaired) electrons. The van der Waals surface area contributed by atoms with E-state index in [0.717, 1.165) is 0 Å². The molecule has 0 spiro atoms. The standard InChI is InChI=1S/C13H25NO3/c1-6-8-14(11-12(15)16-7-2)9-10-17-13(3,4)5/h6H,1,7-11H2,2-5H3. The number of nitrogens with zero attached hydrogens (tertiary/aromatic N) is 1. The molecule has 100 valence electrons. The zero-order chi connectivity index (χ0) is 13.3. The van der Waals surface area contributed by atoms with Crippen molar-refractivity contribution in [3.05, 3.63) is 12.7 Å². The second-order valence-electron chi connectivity index (χ2n) is 4.79. The van der Waals surface area contributed by atoms with E-state index in [-0.39, 0.29) is 18.1 Å². The monoisotopic (exact) mass is 243 g/mol. The van der Waals surface area contributed by atoms with Crippen molar-refractivity contribution >= 4 is 5.97 Å². The molecule has 0 atom stereocenters. The van der Waals surface area contributed by atoms with Gasteiger partial charge < -0.3 is 9.47 Å². The second kappa shape index (κ2) is 8.25. The fourth-order valence-electron chi connectivity index (χ4n) is 1.29. The lowest BCUT2D eigenvalue weighted by Crippen LogP contribution is -2.35. The van der Waals surface area contributed by atoms with Crippen LogP contribution < -0.4 is 0 Å². The van der Waals surface area contributed by atoms with E-state index in [1.807, 2.05) is 25.7 Å². The third kappa shape index (κ3) is 10.0. The Kier molecular flexibility index (Phi) is 7.83. The Bertz CT molecular complexity index is 233. The molecule has 0 bridgehead atoms. The first-order valence-corrected chi connectivity index (χ1v) is 6.02. The highest BCUT2D eigenvalue weighted by molar-refractivity contribution is 5.71. The van der Waals surface area contributed by atoms with Crippen molar-refractivity contribution in [3.8, 4) is 0 Å². The van der Waals surface area contributed by atoms with Gasteiger partial charge >= 0.3 is 5.97 Å². The van der Waals surface area contributed by atoms with Crippen LogP contribution >= 0.6 is 0 Å². The number of esters is 1. The van der Waals surface area contributed by atoms with Gasteiger partial charge in [0.05, 0.1) is 25.4 Å². The van der Waals surface area contributed by atoms with Crippen LogP contribution in [0.25, 0.3) is 0 Å². The van der Waals surface area contributed by atoms with E-state index in [4.69, 9.17) is 9.47 Å². The predicted molar refractivity (Wildman–Crippen MR) is 69.0 cm³/mol. The first-order valence-electron chi connectivity index (χ1n) is 6.02. The molecule has 0 N–H and O–H groups in total. The molecule has 4 nitrogen and oxygen atoms in total. The molecule has 0 fully saturated rings. The highest BCUT2D eigenvalue weighted by atomic mass is 16.5. The molecule has 0 unspecified atom stereocenters. The predicted octanol–water partition coefficient (Wildman–Crippen LogP) is 1.85. The SMILES string of the molecule is C=CCN(CCOC(C)(C)C)CC(=O)OCC. The van der Waals surface area contributed by atoms with Crippen molar-refractivity contribution in [2.24, 2.45) is 0 Å². The van der Waals surface area contributed by atoms with E-state index in [1.165, 1.54) is 0 Å². The maximum atomic E-state index is 11.3. The fourth-order valence-corrected chi connectivity index (χ4v) is 1.29. The van der Waals surface area contributed by atoms with Crippen molar-refractivity contribution in [1.82, 2.24) is 4.90 Å². The van der Waals surface area contributed by atoms with Gasteiger partial charge in [-0.15, -0.1) is 6.58 Å². The van der Waals surface area contributed by atoms with Crippen LogP contribution in [-0.2, 0) is 14.3 Å². The first-order chi connectivity index (χ1) is 7.89. The normalized spacial score (nSPS) is 11.6. The minimum atomic E-state index is -0.204. The molecule has 0 aliphatic carbocycles. The molecular formula is C13H25NO3. The largest absolute Gasteiger partial charge is 0.465 e. The van der Waals surface area contributed by atoms with Crippen LogP contribution in [0.5, 0.6) is 0 Å². The van der Waals surface area contributed by atoms with Crippen LogP contribution in [0, 0.1) is 0 Å². The molecule has 0 aromatic carbocycles. The molecule has 0 aliphatic rings. The Morgan fingerprint density at radius 3 is 2.53 bits per heavy atom. The zero-order valence-corrected chi connectivity index (χ0v) is 11.5. The van der Waals surface area contributed by atoms with Gasteiger partial charge in [0, 0.05) is 13.1 Å². The van der Waals surface area contributed by atoms with E-state index in [2.05, 4.69) is 6.58 Å². The van der Waals surface area contributed by atoms with Gasteiger partial charge in [-0.1, -0.05) is 6.08 Å². The van der Waals surface area contributed by atoms with Crippen molar-refractivity contribution < 1.29 is 14.3 Å². The maximum absolute atomic E-state index is 11.3. The third-order valence-electron chi connectivity index (χ3n) is 1.99. The van der Waals surface area contributed by atoms with Crippen LogP contribution in [0.3, 0.4) is 0 Å². The minimum Gasteiger partial charge on any atom is -0.465 e. The Morgan fingerprint density at radius 1 is 1.41 bits per heavy atom. The molecule has 4 heteroatoms. The van der Waals surface area contributed by atoms with Gasteiger partial charge in [0.1, 0.15) is 0 Å². The summed E-state index contributed by atoms with van der Waals surface area (Å²) in [6, 6.07) is 0. The van der Waals surface area contributed by atoms with Crippen molar-refractivity contribution in [2.75, 3.05) is 32.8 Å². The summed E-state index contributed by atoms with van der Waals surface area (Å²) in [5.74, 6) is -0.204. The van der Waals surface area contributed by atoms with E-state index in [0.29, 0.717) is 26.3 Å². The summed E-state index contributed by atoms with van der Waals surface area (Å²) in [6.07, 6.45) is 1.77. The summed E-state index contributed by atoms with van der Waals surface area (Å²) in [5.41, 5.74) is -0.149. The molecule has 0 heterocycles. The lowest BCUT2D eigenvalue weighted by Gasteiger charge is -2.24. The highest BCUT2D eigenvalue weighted by Gasteiger charge is 2.13. The number of carbonyl (C=O) groups excluding carboxylic acids is 1. The van der Waals surface area contributed by atoms with Gasteiger partial charge in [-0.3, -0.25) is 9.69 Å². The van der Waals surface area contributed by atoms with Crippen LogP contribution in [-0.4, -0.2) is 49.3 Å². The topological polar surface area (TPSA) is 38.8 Å². The Morgan fingerprint density at radius 2 is 2.06 bits per heavy atom. The number of hydrogen-bond donors (Lipinski definition) is 0. The van der Waals surface area contributed by atoms with Gasteiger partial charge in [-0.05, 0) is 27.7 Å². The summed E-state index contributed by atoms with van der Waals surface area (Å²) in [7, 11) is 0. The highest BCUT2D eigenvalue weighted by Crippen LogP contribution is 2.06. The first kappa shape index (κ1) is 16.1. The molecule has 0 aromatic heterocycles. The molecule has 0 amide bonds. The zero-order valence-electron chi connectivity index (χ0n) is 11.5. The van der Waals surface area contributed by atoms with Crippen LogP contribution in [0.4, 0.5) is 0 Å². The summed E-state index contributed by atoms with van der Waals surface area (Å²) < 4.78 is 10.5. The fraction of sp³-hybridized carbons (Fsp3) is 0.769. The maximum Gasteiger partial charge on any atom is 0.320 e. The van der Waals surface area contributed by atoms with E-state index >= 15 is 0 Å². The molecule has 17 heavy (non-hydrogen) atoms. The molecule has 0 saturated heterocycles. The smallest absolute Gasteiger partial charge is 0.320 e. The Hall–Kier alpha value is -0.870. The summed E-state index contributed by atoms with van der Waals surface area (Å²) in [4.78, 5) is 13.3. The van der Waals surface area contributed by atoms with Crippen molar-refractivity contribution in [2.45, 2.75) is 33.3 Å². The van der Waals surface area contributed by atoms with Gasteiger partial charge in [0.2, 0.25) is 0 Å². The quantitative estimate of drug-likeness (QED) is 0.482. The number of hydrogen-bond acceptors (Lipinski definition) is 4. The average Bonchev–Trinajstić information content (AvgIpc) is 2.16. The second-order valence-corrected chi connectivity index (χ2v) is 4.79. The van der Waals surface area contributed by atoms with Crippen LogP contribution in [0.15, 0.2) is 12.7 Å². The lowest BCUT2D eigenvalue weighted by molar-refractivity contribution is -0.144. The molecule has 0 rings (SSSR count). The van der Waals surface area contributed by atoms with Gasteiger partial charge in [-0.2, -0.15) is 0 Å². The van der Waals surface area contributed by atoms with Gasteiger partial charge in [-0.25, -0.2) is 0 Å². The average molecular weight is 243 g/mol. The molecule has 0 saturated carbocycles. The number of ether oxygens (including phenoxy) is 2. The van der Waals surface area contributed by atoms with Gasteiger partial charge in [0.25, 0.3) is 0 Å². The number of carbonyl (C=O) groups is 1. The van der Waals surface area contributed by atoms with Crippen molar-refractivity contribution in [3.63, 3.8) is 0 Å². The van der Waals surface area contributed by atoms with E-state index < -0.39 is 0 Å².